The zero-order chi connectivity index (χ0) is 12.2. The highest BCUT2D eigenvalue weighted by atomic mass is 32.2. The van der Waals surface area contributed by atoms with E-state index in [1.54, 1.807) is 14.0 Å². The molecule has 1 saturated carbocycles. The molecule has 1 aliphatic carbocycles. The lowest BCUT2D eigenvalue weighted by atomic mass is 10.4. The van der Waals surface area contributed by atoms with Crippen molar-refractivity contribution in [3.05, 3.63) is 0 Å². The largest absolute Gasteiger partial charge is 0.315 e. The molecule has 0 aromatic rings. The first-order valence-electron chi connectivity index (χ1n) is 6.14. The van der Waals surface area contributed by atoms with Crippen molar-refractivity contribution in [1.29, 1.82) is 0 Å². The summed E-state index contributed by atoms with van der Waals surface area (Å²) in [7, 11) is -1.41. The van der Waals surface area contributed by atoms with Crippen LogP contribution in [0.5, 0.6) is 0 Å². The quantitative estimate of drug-likeness (QED) is 0.653. The normalized spacial score (nSPS) is 19.0. The molecule has 5 heteroatoms. The third-order valence-corrected chi connectivity index (χ3v) is 5.22. The molecule has 0 spiro atoms. The molecule has 96 valence electrons. The van der Waals surface area contributed by atoms with Gasteiger partial charge in [0.2, 0.25) is 10.0 Å². The second kappa shape index (κ2) is 5.98. The second-order valence-corrected chi connectivity index (χ2v) is 7.24. The lowest BCUT2D eigenvalue weighted by Gasteiger charge is -2.22. The Balaban J connectivity index is 2.40. The van der Waals surface area contributed by atoms with Crippen LogP contribution in [0.25, 0.3) is 0 Å². The monoisotopic (exact) mass is 248 g/mol. The molecule has 0 bridgehead atoms. The van der Waals surface area contributed by atoms with Crippen molar-refractivity contribution in [3.63, 3.8) is 0 Å². The zero-order valence-electron chi connectivity index (χ0n) is 10.6. The number of nitrogens with zero attached hydrogens (tertiary/aromatic N) is 1. The SMILES string of the molecule is CCCNCC(C)S(=O)(=O)N(C)CC1CC1. The summed E-state index contributed by atoms with van der Waals surface area (Å²) in [5, 5.41) is 2.83. The Kier molecular flexibility index (Phi) is 5.21. The van der Waals surface area contributed by atoms with E-state index in [0.717, 1.165) is 13.0 Å². The van der Waals surface area contributed by atoms with Crippen molar-refractivity contribution in [1.82, 2.24) is 9.62 Å². The Bertz CT molecular complexity index is 299. The van der Waals surface area contributed by atoms with Gasteiger partial charge in [-0.25, -0.2) is 12.7 Å². The Hall–Kier alpha value is -0.130. The highest BCUT2D eigenvalue weighted by molar-refractivity contribution is 7.89. The van der Waals surface area contributed by atoms with Crippen molar-refractivity contribution in [2.75, 3.05) is 26.7 Å². The van der Waals surface area contributed by atoms with E-state index in [9.17, 15) is 8.42 Å². The van der Waals surface area contributed by atoms with Crippen molar-refractivity contribution < 1.29 is 8.42 Å². The van der Waals surface area contributed by atoms with Gasteiger partial charge in [0, 0.05) is 20.1 Å². The molecule has 1 rings (SSSR count). The standard InChI is InChI=1S/C11H24N2O2S/c1-4-7-12-8-10(2)16(14,15)13(3)9-11-5-6-11/h10-12H,4-9H2,1-3H3. The average molecular weight is 248 g/mol. The summed E-state index contributed by atoms with van der Waals surface area (Å²) in [6, 6.07) is 0. The molecule has 0 aliphatic heterocycles. The summed E-state index contributed by atoms with van der Waals surface area (Å²) in [6.07, 6.45) is 3.40. The summed E-state index contributed by atoms with van der Waals surface area (Å²) < 4.78 is 25.7. The van der Waals surface area contributed by atoms with Crippen LogP contribution in [0.1, 0.15) is 33.1 Å². The maximum absolute atomic E-state index is 12.1. The van der Waals surface area contributed by atoms with Crippen LogP contribution in [-0.2, 0) is 10.0 Å². The van der Waals surface area contributed by atoms with Gasteiger partial charge in [-0.15, -0.1) is 0 Å². The predicted molar refractivity (Wildman–Crippen MR) is 66.9 cm³/mol. The average Bonchev–Trinajstić information content (AvgIpc) is 3.01. The third-order valence-electron chi connectivity index (χ3n) is 3.01. The highest BCUT2D eigenvalue weighted by Gasteiger charge is 2.31. The first kappa shape index (κ1) is 13.9. The van der Waals surface area contributed by atoms with Gasteiger partial charge in [0.15, 0.2) is 0 Å². The number of hydrogen-bond acceptors (Lipinski definition) is 3. The molecule has 16 heavy (non-hydrogen) atoms. The molecule has 0 aromatic heterocycles. The molecule has 1 atom stereocenters. The topological polar surface area (TPSA) is 49.4 Å². The first-order valence-corrected chi connectivity index (χ1v) is 7.64. The van der Waals surface area contributed by atoms with E-state index in [2.05, 4.69) is 12.2 Å². The van der Waals surface area contributed by atoms with Gasteiger partial charge in [-0.05, 0) is 38.6 Å². The maximum Gasteiger partial charge on any atom is 0.217 e. The van der Waals surface area contributed by atoms with Crippen molar-refractivity contribution in [2.45, 2.75) is 38.4 Å². The van der Waals surface area contributed by atoms with E-state index in [0.29, 0.717) is 19.0 Å². The van der Waals surface area contributed by atoms with Gasteiger partial charge in [-0.1, -0.05) is 6.92 Å². The summed E-state index contributed by atoms with van der Waals surface area (Å²) in [6.45, 7) is 5.98. The van der Waals surface area contributed by atoms with Crippen molar-refractivity contribution >= 4 is 10.0 Å². The van der Waals surface area contributed by atoms with Crippen LogP contribution < -0.4 is 5.32 Å². The van der Waals surface area contributed by atoms with E-state index in [1.807, 2.05) is 0 Å². The van der Waals surface area contributed by atoms with Crippen LogP contribution in [0.4, 0.5) is 0 Å². The van der Waals surface area contributed by atoms with Gasteiger partial charge in [0.05, 0.1) is 5.25 Å². The Labute approximate surface area is 99.5 Å². The molecule has 0 amide bonds. The molecule has 0 aromatic carbocycles. The molecular weight excluding hydrogens is 224 g/mol. The summed E-state index contributed by atoms with van der Waals surface area (Å²) >= 11 is 0. The first-order chi connectivity index (χ1) is 7.48. The van der Waals surface area contributed by atoms with E-state index < -0.39 is 10.0 Å². The Morgan fingerprint density at radius 1 is 1.44 bits per heavy atom. The van der Waals surface area contributed by atoms with Gasteiger partial charge < -0.3 is 5.32 Å². The van der Waals surface area contributed by atoms with E-state index >= 15 is 0 Å². The van der Waals surface area contributed by atoms with Gasteiger partial charge in [-0.3, -0.25) is 0 Å². The minimum absolute atomic E-state index is 0.331. The van der Waals surface area contributed by atoms with Crippen LogP contribution in [0.15, 0.2) is 0 Å². The van der Waals surface area contributed by atoms with Crippen LogP contribution in [0.3, 0.4) is 0 Å². The van der Waals surface area contributed by atoms with E-state index in [-0.39, 0.29) is 5.25 Å². The number of nitrogens with one attached hydrogen (secondary N) is 1. The minimum atomic E-state index is -3.10. The van der Waals surface area contributed by atoms with Crippen LogP contribution >= 0.6 is 0 Å². The maximum atomic E-state index is 12.1. The highest BCUT2D eigenvalue weighted by Crippen LogP contribution is 2.30. The van der Waals surface area contributed by atoms with Crippen LogP contribution in [-0.4, -0.2) is 44.7 Å². The van der Waals surface area contributed by atoms with Crippen LogP contribution in [0.2, 0.25) is 0 Å². The number of sulfonamides is 1. The van der Waals surface area contributed by atoms with Crippen molar-refractivity contribution in [2.24, 2.45) is 5.92 Å². The fourth-order valence-corrected chi connectivity index (χ4v) is 3.02. The van der Waals surface area contributed by atoms with Gasteiger partial charge in [-0.2, -0.15) is 0 Å². The summed E-state index contributed by atoms with van der Waals surface area (Å²) in [5.41, 5.74) is 0. The third kappa shape index (κ3) is 4.03. The molecule has 1 aliphatic rings. The zero-order valence-corrected chi connectivity index (χ0v) is 11.4. The molecule has 0 heterocycles. The Morgan fingerprint density at radius 3 is 2.56 bits per heavy atom. The molecule has 0 radical (unpaired) electrons. The molecular formula is C11H24N2O2S. The van der Waals surface area contributed by atoms with Crippen LogP contribution in [0, 0.1) is 5.92 Å². The lowest BCUT2D eigenvalue weighted by molar-refractivity contribution is 0.442. The van der Waals surface area contributed by atoms with Crippen molar-refractivity contribution in [3.8, 4) is 0 Å². The molecule has 1 N–H and O–H groups in total. The van der Waals surface area contributed by atoms with E-state index in [4.69, 9.17) is 0 Å². The fourth-order valence-electron chi connectivity index (χ4n) is 1.66. The number of rotatable bonds is 8. The number of hydrogen-bond donors (Lipinski definition) is 1. The second-order valence-electron chi connectivity index (χ2n) is 4.78. The van der Waals surface area contributed by atoms with E-state index in [1.165, 1.54) is 17.1 Å². The summed E-state index contributed by atoms with van der Waals surface area (Å²) in [4.78, 5) is 0. The predicted octanol–water partition coefficient (Wildman–Crippen LogP) is 1.05. The summed E-state index contributed by atoms with van der Waals surface area (Å²) in [5.74, 6) is 0.607. The lowest BCUT2D eigenvalue weighted by Crippen LogP contribution is -2.41. The molecule has 1 unspecified atom stereocenters. The Morgan fingerprint density at radius 2 is 2.06 bits per heavy atom. The van der Waals surface area contributed by atoms with Gasteiger partial charge in [0.25, 0.3) is 0 Å². The smallest absolute Gasteiger partial charge is 0.217 e. The molecule has 4 nitrogen and oxygen atoms in total. The van der Waals surface area contributed by atoms with Gasteiger partial charge in [0.1, 0.15) is 0 Å². The van der Waals surface area contributed by atoms with Gasteiger partial charge >= 0.3 is 0 Å². The fraction of sp³-hybridized carbons (Fsp3) is 1.00. The minimum Gasteiger partial charge on any atom is -0.315 e. The molecule has 1 fully saturated rings. The molecule has 0 saturated heterocycles.